The molecule has 0 aliphatic heterocycles. The number of amides is 1. The number of nitrogens with one attached hydrogen (secondary N) is 1. The van der Waals surface area contributed by atoms with Crippen LogP contribution in [0.5, 0.6) is 5.75 Å². The third kappa shape index (κ3) is 4.48. The van der Waals surface area contributed by atoms with Gasteiger partial charge in [0.05, 0.1) is 16.2 Å². The fourth-order valence-corrected chi connectivity index (χ4v) is 2.46. The van der Waals surface area contributed by atoms with Gasteiger partial charge < -0.3 is 10.1 Å². The summed E-state index contributed by atoms with van der Waals surface area (Å²) < 4.78 is 5.75. The van der Waals surface area contributed by atoms with E-state index in [0.717, 1.165) is 5.56 Å². The van der Waals surface area contributed by atoms with E-state index in [9.17, 15) is 14.9 Å². The van der Waals surface area contributed by atoms with Crippen molar-refractivity contribution < 1.29 is 14.5 Å². The van der Waals surface area contributed by atoms with Crippen molar-refractivity contribution in [3.8, 4) is 5.75 Å². The molecule has 2 aromatic carbocycles. The molecule has 0 aliphatic carbocycles. The first kappa shape index (κ1) is 18.7. The highest BCUT2D eigenvalue weighted by atomic mass is 35.5. The predicted molar refractivity (Wildman–Crippen MR) is 97.4 cm³/mol. The van der Waals surface area contributed by atoms with Crippen molar-refractivity contribution in [1.82, 2.24) is 0 Å². The van der Waals surface area contributed by atoms with Crippen molar-refractivity contribution in [3.05, 3.63) is 62.7 Å². The largest absolute Gasteiger partial charge is 0.481 e. The van der Waals surface area contributed by atoms with E-state index in [0.29, 0.717) is 28.4 Å². The number of aryl methyl sites for hydroxylation is 1. The van der Waals surface area contributed by atoms with Crippen molar-refractivity contribution in [2.75, 3.05) is 5.32 Å². The molecule has 0 aliphatic rings. The zero-order valence-corrected chi connectivity index (χ0v) is 15.0. The lowest BCUT2D eigenvalue weighted by atomic mass is 10.1. The van der Waals surface area contributed by atoms with E-state index in [1.165, 1.54) is 12.1 Å². The number of rotatable bonds is 6. The molecular weight excluding hydrogens is 344 g/mol. The van der Waals surface area contributed by atoms with Gasteiger partial charge in [-0.15, -0.1) is 0 Å². The molecule has 7 heteroatoms. The highest BCUT2D eigenvalue weighted by Gasteiger charge is 2.21. The van der Waals surface area contributed by atoms with Crippen molar-refractivity contribution in [1.29, 1.82) is 0 Å². The van der Waals surface area contributed by atoms with Gasteiger partial charge in [0.2, 0.25) is 0 Å². The standard InChI is InChI=1S/C18H19ClN2O4/c1-4-17(25-13-8-9-14(19)11(2)10-13)18(22)20-15-6-5-7-16(12(15)3)21(23)24/h5-10,17H,4H2,1-3H3,(H,20,22)/t17-/m1/s1. The first-order chi connectivity index (χ1) is 11.8. The molecular formula is C18H19ClN2O4. The molecule has 0 aromatic heterocycles. The molecule has 0 bridgehead atoms. The molecule has 2 aromatic rings. The summed E-state index contributed by atoms with van der Waals surface area (Å²) in [5.74, 6) is 0.179. The Balaban J connectivity index is 2.16. The molecule has 1 N–H and O–H groups in total. The fourth-order valence-electron chi connectivity index (χ4n) is 2.35. The summed E-state index contributed by atoms with van der Waals surface area (Å²) in [4.78, 5) is 23.0. The first-order valence-corrected chi connectivity index (χ1v) is 8.19. The molecule has 0 spiro atoms. The van der Waals surface area contributed by atoms with E-state index in [2.05, 4.69) is 5.32 Å². The number of carbonyl (C=O) groups is 1. The summed E-state index contributed by atoms with van der Waals surface area (Å²) in [6.07, 6.45) is -0.277. The van der Waals surface area contributed by atoms with Gasteiger partial charge in [0, 0.05) is 11.1 Å². The van der Waals surface area contributed by atoms with Gasteiger partial charge in [-0.2, -0.15) is 0 Å². The number of nitro benzene ring substituents is 1. The maximum absolute atomic E-state index is 12.5. The van der Waals surface area contributed by atoms with Crippen LogP contribution < -0.4 is 10.1 Å². The lowest BCUT2D eigenvalue weighted by molar-refractivity contribution is -0.385. The molecule has 25 heavy (non-hydrogen) atoms. The summed E-state index contributed by atoms with van der Waals surface area (Å²) in [5.41, 5.74) is 1.61. The van der Waals surface area contributed by atoms with Crippen LogP contribution in [0.2, 0.25) is 5.02 Å². The zero-order chi connectivity index (χ0) is 18.6. The first-order valence-electron chi connectivity index (χ1n) is 7.81. The summed E-state index contributed by atoms with van der Waals surface area (Å²) in [7, 11) is 0. The number of hydrogen-bond acceptors (Lipinski definition) is 4. The van der Waals surface area contributed by atoms with Crippen LogP contribution in [0.15, 0.2) is 36.4 Å². The third-order valence-corrected chi connectivity index (χ3v) is 4.25. The van der Waals surface area contributed by atoms with Crippen LogP contribution in [0.1, 0.15) is 24.5 Å². The second kappa shape index (κ2) is 7.98. The van der Waals surface area contributed by atoms with E-state index < -0.39 is 11.0 Å². The zero-order valence-electron chi connectivity index (χ0n) is 14.2. The Kier molecular flexibility index (Phi) is 5.98. The summed E-state index contributed by atoms with van der Waals surface area (Å²) in [6, 6.07) is 9.72. The Morgan fingerprint density at radius 1 is 1.32 bits per heavy atom. The van der Waals surface area contributed by atoms with Gasteiger partial charge in [-0.05, 0) is 50.1 Å². The molecule has 132 valence electrons. The second-order valence-electron chi connectivity index (χ2n) is 5.62. The van der Waals surface area contributed by atoms with E-state index in [1.54, 1.807) is 31.2 Å². The van der Waals surface area contributed by atoms with Gasteiger partial charge in [-0.25, -0.2) is 0 Å². The predicted octanol–water partition coefficient (Wildman–Crippen LogP) is 4.66. The van der Waals surface area contributed by atoms with Gasteiger partial charge in [0.1, 0.15) is 5.75 Å². The summed E-state index contributed by atoms with van der Waals surface area (Å²) in [5, 5.41) is 14.3. The van der Waals surface area contributed by atoms with Crippen molar-refractivity contribution >= 4 is 28.9 Å². The third-order valence-electron chi connectivity index (χ3n) is 3.83. The summed E-state index contributed by atoms with van der Waals surface area (Å²) >= 11 is 5.99. The highest BCUT2D eigenvalue weighted by molar-refractivity contribution is 6.31. The number of benzene rings is 2. The molecule has 0 saturated carbocycles. The normalized spacial score (nSPS) is 11.7. The molecule has 0 radical (unpaired) electrons. The monoisotopic (exact) mass is 362 g/mol. The van der Waals surface area contributed by atoms with Crippen LogP contribution in [0.4, 0.5) is 11.4 Å². The minimum atomic E-state index is -0.723. The van der Waals surface area contributed by atoms with Crippen molar-refractivity contribution in [2.24, 2.45) is 0 Å². The lowest BCUT2D eigenvalue weighted by Crippen LogP contribution is -2.32. The smallest absolute Gasteiger partial charge is 0.274 e. The average Bonchev–Trinajstić information content (AvgIpc) is 2.57. The molecule has 1 amide bonds. The van der Waals surface area contributed by atoms with Crippen molar-refractivity contribution in [3.63, 3.8) is 0 Å². The molecule has 0 heterocycles. The molecule has 0 unspecified atom stereocenters. The van der Waals surface area contributed by atoms with E-state index in [-0.39, 0.29) is 11.6 Å². The quantitative estimate of drug-likeness (QED) is 0.598. The molecule has 0 saturated heterocycles. The van der Waals surface area contributed by atoms with Gasteiger partial charge in [0.25, 0.3) is 11.6 Å². The number of ether oxygens (including phenoxy) is 1. The fraction of sp³-hybridized carbons (Fsp3) is 0.278. The maximum Gasteiger partial charge on any atom is 0.274 e. The number of halogens is 1. The van der Waals surface area contributed by atoms with Crippen LogP contribution in [0.3, 0.4) is 0 Å². The number of hydrogen-bond donors (Lipinski definition) is 1. The average molecular weight is 363 g/mol. The minimum Gasteiger partial charge on any atom is -0.481 e. The van der Waals surface area contributed by atoms with E-state index >= 15 is 0 Å². The van der Waals surface area contributed by atoms with Crippen LogP contribution in [-0.4, -0.2) is 16.9 Å². The van der Waals surface area contributed by atoms with Crippen LogP contribution >= 0.6 is 11.6 Å². The number of anilines is 1. The lowest BCUT2D eigenvalue weighted by Gasteiger charge is -2.18. The van der Waals surface area contributed by atoms with Gasteiger partial charge in [0.15, 0.2) is 6.10 Å². The number of nitrogens with zero attached hydrogens (tertiary/aromatic N) is 1. The van der Waals surface area contributed by atoms with Crippen LogP contribution in [0.25, 0.3) is 0 Å². The highest BCUT2D eigenvalue weighted by Crippen LogP contribution is 2.26. The van der Waals surface area contributed by atoms with Gasteiger partial charge in [-0.1, -0.05) is 24.6 Å². The molecule has 2 rings (SSSR count). The number of nitro groups is 1. The Morgan fingerprint density at radius 3 is 2.64 bits per heavy atom. The van der Waals surface area contributed by atoms with Crippen molar-refractivity contribution in [2.45, 2.75) is 33.3 Å². The Bertz CT molecular complexity index is 808. The SMILES string of the molecule is CC[C@@H](Oc1ccc(Cl)c(C)c1)C(=O)Nc1cccc([N+](=O)[O-])c1C. The van der Waals surface area contributed by atoms with E-state index in [1.807, 2.05) is 13.8 Å². The summed E-state index contributed by atoms with van der Waals surface area (Å²) in [6.45, 7) is 5.27. The molecule has 1 atom stereocenters. The van der Waals surface area contributed by atoms with Gasteiger partial charge >= 0.3 is 0 Å². The Labute approximate surface area is 150 Å². The van der Waals surface area contributed by atoms with E-state index in [4.69, 9.17) is 16.3 Å². The number of carbonyl (C=O) groups excluding carboxylic acids is 1. The van der Waals surface area contributed by atoms with Crippen LogP contribution in [0, 0.1) is 24.0 Å². The Morgan fingerprint density at radius 2 is 2.04 bits per heavy atom. The molecule has 6 nitrogen and oxygen atoms in total. The minimum absolute atomic E-state index is 0.0416. The van der Waals surface area contributed by atoms with Crippen LogP contribution in [-0.2, 0) is 4.79 Å². The Hall–Kier alpha value is -2.60. The maximum atomic E-state index is 12.5. The second-order valence-corrected chi connectivity index (χ2v) is 6.03. The van der Waals surface area contributed by atoms with Gasteiger partial charge in [-0.3, -0.25) is 14.9 Å². The topological polar surface area (TPSA) is 81.5 Å². The molecule has 0 fully saturated rings.